The van der Waals surface area contributed by atoms with E-state index in [9.17, 15) is 4.79 Å². The van der Waals surface area contributed by atoms with Gasteiger partial charge in [-0.05, 0) is 40.5 Å². The number of amides is 1. The molecule has 0 fully saturated rings. The van der Waals surface area contributed by atoms with Crippen LogP contribution in [-0.2, 0) is 9.53 Å². The van der Waals surface area contributed by atoms with Crippen LogP contribution in [0.1, 0.15) is 47.0 Å². The van der Waals surface area contributed by atoms with Crippen LogP contribution in [-0.4, -0.2) is 30.7 Å². The number of unbranched alkanes of at least 4 members (excludes halogenated alkanes) is 1. The van der Waals surface area contributed by atoms with Gasteiger partial charge in [0.15, 0.2) is 0 Å². The molecule has 16 heavy (non-hydrogen) atoms. The van der Waals surface area contributed by atoms with Gasteiger partial charge in [0.05, 0.1) is 6.10 Å². The smallest absolute Gasteiger partial charge is 0.221 e. The highest BCUT2D eigenvalue weighted by Crippen LogP contribution is 2.02. The first kappa shape index (κ1) is 15.4. The van der Waals surface area contributed by atoms with Crippen LogP contribution in [0.5, 0.6) is 0 Å². The van der Waals surface area contributed by atoms with Crippen molar-refractivity contribution in [2.45, 2.75) is 58.6 Å². The molecular formula is C12H26N2O2. The van der Waals surface area contributed by atoms with Crippen molar-refractivity contribution < 1.29 is 9.53 Å². The molecule has 0 aromatic rings. The van der Waals surface area contributed by atoms with Gasteiger partial charge in [-0.15, -0.1) is 0 Å². The Hall–Kier alpha value is -0.610. The van der Waals surface area contributed by atoms with Gasteiger partial charge in [-0.3, -0.25) is 4.79 Å². The van der Waals surface area contributed by atoms with Crippen LogP contribution in [0.2, 0.25) is 0 Å². The first-order valence-corrected chi connectivity index (χ1v) is 5.98. The molecule has 1 amide bonds. The molecule has 0 radical (unpaired) electrons. The summed E-state index contributed by atoms with van der Waals surface area (Å²) in [5.74, 6) is 0.0253. The van der Waals surface area contributed by atoms with Crippen LogP contribution < -0.4 is 11.1 Å². The van der Waals surface area contributed by atoms with E-state index in [1.54, 1.807) is 0 Å². The second kappa shape index (κ2) is 7.63. The Morgan fingerprint density at radius 3 is 2.50 bits per heavy atom. The normalized spacial score (nSPS) is 11.9. The van der Waals surface area contributed by atoms with Gasteiger partial charge in [0.2, 0.25) is 5.91 Å². The average molecular weight is 230 g/mol. The maximum atomic E-state index is 11.4. The van der Waals surface area contributed by atoms with Gasteiger partial charge in [-0.2, -0.15) is 0 Å². The maximum Gasteiger partial charge on any atom is 0.221 e. The lowest BCUT2D eigenvalue weighted by atomic mass is 10.0. The fraction of sp³-hybridized carbons (Fsp3) is 0.917. The molecule has 0 saturated heterocycles. The lowest BCUT2D eigenvalue weighted by Crippen LogP contribution is -2.39. The number of carbonyl (C=O) groups is 1. The molecule has 4 nitrogen and oxygen atoms in total. The summed E-state index contributed by atoms with van der Waals surface area (Å²) in [4.78, 5) is 11.4. The van der Waals surface area contributed by atoms with Gasteiger partial charge in [-0.25, -0.2) is 0 Å². The fourth-order valence-corrected chi connectivity index (χ4v) is 1.25. The Morgan fingerprint density at radius 1 is 1.38 bits per heavy atom. The summed E-state index contributed by atoms with van der Waals surface area (Å²) in [7, 11) is 0. The van der Waals surface area contributed by atoms with E-state index < -0.39 is 5.54 Å². The molecule has 0 aromatic heterocycles. The van der Waals surface area contributed by atoms with Crippen LogP contribution in [0.15, 0.2) is 0 Å². The fourth-order valence-electron chi connectivity index (χ4n) is 1.25. The van der Waals surface area contributed by atoms with Crippen LogP contribution in [0.3, 0.4) is 0 Å². The van der Waals surface area contributed by atoms with Gasteiger partial charge in [0.25, 0.3) is 0 Å². The number of nitrogens with two attached hydrogens (primary N) is 1. The summed E-state index contributed by atoms with van der Waals surface area (Å²) in [5, 5.41) is 2.85. The molecule has 0 saturated carbocycles. The lowest BCUT2D eigenvalue weighted by molar-refractivity contribution is -0.122. The first-order valence-electron chi connectivity index (χ1n) is 5.98. The standard InChI is InChI=1S/C12H26N2O2/c1-10(2)16-8-6-5-7-14-11(15)9-12(3,4)13/h10H,5-9,13H2,1-4H3,(H,14,15). The molecule has 0 heterocycles. The van der Waals surface area contributed by atoms with E-state index in [-0.39, 0.29) is 12.0 Å². The predicted octanol–water partition coefficient (Wildman–Crippen LogP) is 1.44. The Labute approximate surface area is 98.9 Å². The van der Waals surface area contributed by atoms with Crippen molar-refractivity contribution in [3.05, 3.63) is 0 Å². The summed E-state index contributed by atoms with van der Waals surface area (Å²) in [6.45, 7) is 9.20. The number of hydrogen-bond donors (Lipinski definition) is 2. The highest BCUT2D eigenvalue weighted by Gasteiger charge is 2.15. The zero-order valence-corrected chi connectivity index (χ0v) is 11.0. The highest BCUT2D eigenvalue weighted by molar-refractivity contribution is 5.76. The number of ether oxygens (including phenoxy) is 1. The largest absolute Gasteiger partial charge is 0.379 e. The van der Waals surface area contributed by atoms with Gasteiger partial charge in [0.1, 0.15) is 0 Å². The van der Waals surface area contributed by atoms with Crippen molar-refractivity contribution >= 4 is 5.91 Å². The molecule has 0 bridgehead atoms. The Balaban J connectivity index is 3.35. The van der Waals surface area contributed by atoms with Crippen LogP contribution in [0, 0.1) is 0 Å². The molecule has 0 aliphatic rings. The van der Waals surface area contributed by atoms with Gasteiger partial charge >= 0.3 is 0 Å². The summed E-state index contributed by atoms with van der Waals surface area (Å²) < 4.78 is 5.40. The van der Waals surface area contributed by atoms with Gasteiger partial charge in [-0.1, -0.05) is 0 Å². The van der Waals surface area contributed by atoms with Crippen molar-refractivity contribution in [1.82, 2.24) is 5.32 Å². The van der Waals surface area contributed by atoms with Gasteiger partial charge in [0, 0.05) is 25.1 Å². The minimum absolute atomic E-state index is 0.0253. The van der Waals surface area contributed by atoms with Crippen LogP contribution >= 0.6 is 0 Å². The zero-order chi connectivity index (χ0) is 12.6. The highest BCUT2D eigenvalue weighted by atomic mass is 16.5. The molecule has 0 unspecified atom stereocenters. The topological polar surface area (TPSA) is 64.3 Å². The maximum absolute atomic E-state index is 11.4. The van der Waals surface area contributed by atoms with E-state index in [2.05, 4.69) is 5.32 Å². The zero-order valence-electron chi connectivity index (χ0n) is 11.0. The van der Waals surface area contributed by atoms with E-state index in [1.165, 1.54) is 0 Å². The average Bonchev–Trinajstić information content (AvgIpc) is 2.07. The number of carbonyl (C=O) groups excluding carboxylic acids is 1. The molecule has 0 aromatic carbocycles. The van der Waals surface area contributed by atoms with E-state index in [4.69, 9.17) is 10.5 Å². The third-order valence-electron chi connectivity index (χ3n) is 1.96. The van der Waals surface area contributed by atoms with Crippen LogP contribution in [0.4, 0.5) is 0 Å². The summed E-state index contributed by atoms with van der Waals surface area (Å²) in [5.41, 5.74) is 5.32. The molecule has 0 aliphatic carbocycles. The molecule has 0 rings (SSSR count). The summed E-state index contributed by atoms with van der Waals surface area (Å²) in [6.07, 6.45) is 2.58. The molecule has 96 valence electrons. The minimum atomic E-state index is -0.426. The molecule has 4 heteroatoms. The second-order valence-electron chi connectivity index (χ2n) is 5.14. The SMILES string of the molecule is CC(C)OCCCCNC(=O)CC(C)(C)N. The predicted molar refractivity (Wildman–Crippen MR) is 66.2 cm³/mol. The van der Waals surface area contributed by atoms with E-state index >= 15 is 0 Å². The number of nitrogens with one attached hydrogen (secondary N) is 1. The summed E-state index contributed by atoms with van der Waals surface area (Å²) in [6, 6.07) is 0. The van der Waals surface area contributed by atoms with Crippen molar-refractivity contribution in [2.75, 3.05) is 13.2 Å². The molecule has 0 spiro atoms. The quantitative estimate of drug-likeness (QED) is 0.620. The van der Waals surface area contributed by atoms with Crippen molar-refractivity contribution in [2.24, 2.45) is 5.73 Å². The summed E-state index contributed by atoms with van der Waals surface area (Å²) >= 11 is 0. The third kappa shape index (κ3) is 11.5. The Morgan fingerprint density at radius 2 is 2.00 bits per heavy atom. The molecule has 0 atom stereocenters. The first-order chi connectivity index (χ1) is 7.31. The molecule has 3 N–H and O–H groups in total. The third-order valence-corrected chi connectivity index (χ3v) is 1.96. The van der Waals surface area contributed by atoms with E-state index in [0.717, 1.165) is 19.4 Å². The Kier molecular flexibility index (Phi) is 7.34. The Bertz CT molecular complexity index is 198. The van der Waals surface area contributed by atoms with Crippen molar-refractivity contribution in [3.8, 4) is 0 Å². The number of hydrogen-bond acceptors (Lipinski definition) is 3. The minimum Gasteiger partial charge on any atom is -0.379 e. The second-order valence-corrected chi connectivity index (χ2v) is 5.14. The van der Waals surface area contributed by atoms with Crippen molar-refractivity contribution in [3.63, 3.8) is 0 Å². The molecule has 0 aliphatic heterocycles. The number of rotatable bonds is 8. The monoisotopic (exact) mass is 230 g/mol. The molecular weight excluding hydrogens is 204 g/mol. The van der Waals surface area contributed by atoms with Crippen molar-refractivity contribution in [1.29, 1.82) is 0 Å². The van der Waals surface area contributed by atoms with E-state index in [1.807, 2.05) is 27.7 Å². The lowest BCUT2D eigenvalue weighted by Gasteiger charge is -2.17. The van der Waals surface area contributed by atoms with Gasteiger partial charge < -0.3 is 15.8 Å². The van der Waals surface area contributed by atoms with E-state index in [0.29, 0.717) is 13.0 Å². The van der Waals surface area contributed by atoms with Crippen LogP contribution in [0.25, 0.3) is 0 Å².